The van der Waals surface area contributed by atoms with Crippen LogP contribution in [-0.4, -0.2) is 18.1 Å². The minimum atomic E-state index is -0.576. The summed E-state index contributed by atoms with van der Waals surface area (Å²) in [7, 11) is 1.31. The van der Waals surface area contributed by atoms with Crippen molar-refractivity contribution in [1.29, 1.82) is 0 Å². The molecule has 0 atom stereocenters. The van der Waals surface area contributed by atoms with Crippen molar-refractivity contribution in [2.24, 2.45) is 0 Å². The molecule has 4 nitrogen and oxygen atoms in total. The molecule has 7 heteroatoms. The van der Waals surface area contributed by atoms with E-state index in [1.807, 2.05) is 48.5 Å². The molecule has 0 amide bonds. The highest BCUT2D eigenvalue weighted by molar-refractivity contribution is 7.98. The Labute approximate surface area is 194 Å². The van der Waals surface area contributed by atoms with Crippen molar-refractivity contribution in [2.45, 2.75) is 17.4 Å². The van der Waals surface area contributed by atoms with Crippen LogP contribution in [0.5, 0.6) is 5.75 Å². The lowest BCUT2D eigenvalue weighted by Crippen LogP contribution is -2.10. The number of pyridine rings is 1. The van der Waals surface area contributed by atoms with E-state index in [9.17, 15) is 9.18 Å². The van der Waals surface area contributed by atoms with Crippen LogP contribution in [-0.2, 0) is 17.1 Å². The van der Waals surface area contributed by atoms with E-state index in [0.717, 1.165) is 5.56 Å². The van der Waals surface area contributed by atoms with Gasteiger partial charge in [-0.25, -0.2) is 14.2 Å². The Kier molecular flexibility index (Phi) is 6.93. The normalized spacial score (nSPS) is 10.8. The fraction of sp³-hybridized carbons (Fsp3) is 0.120. The highest BCUT2D eigenvalue weighted by Crippen LogP contribution is 2.38. The molecule has 0 saturated carbocycles. The molecule has 0 aliphatic rings. The Bertz CT molecular complexity index is 1280. The minimum absolute atomic E-state index is 0.0424. The van der Waals surface area contributed by atoms with Gasteiger partial charge in [-0.3, -0.25) is 0 Å². The van der Waals surface area contributed by atoms with Crippen molar-refractivity contribution in [3.05, 3.63) is 100 Å². The Morgan fingerprint density at radius 2 is 1.69 bits per heavy atom. The molecule has 1 aromatic heterocycles. The third kappa shape index (κ3) is 4.71. The lowest BCUT2D eigenvalue weighted by molar-refractivity contribution is 0.0590. The van der Waals surface area contributed by atoms with E-state index in [0.29, 0.717) is 38.0 Å². The quantitative estimate of drug-likeness (QED) is 0.224. The molecular formula is C25H19ClFNO3S. The van der Waals surface area contributed by atoms with Gasteiger partial charge in [-0.15, -0.1) is 11.8 Å². The molecule has 0 radical (unpaired) electrons. The number of nitrogens with zero attached hydrogens (tertiary/aromatic N) is 1. The van der Waals surface area contributed by atoms with Crippen LogP contribution in [0.15, 0.2) is 77.8 Å². The van der Waals surface area contributed by atoms with Gasteiger partial charge in [0.1, 0.15) is 28.8 Å². The van der Waals surface area contributed by atoms with Crippen LogP contribution in [0.1, 0.15) is 21.5 Å². The van der Waals surface area contributed by atoms with Crippen molar-refractivity contribution in [3.8, 4) is 5.75 Å². The SMILES string of the molecule is COC(=O)c1c(SCc2ccccc2Cl)nc2ccccc2c1OCc1ccccc1F. The van der Waals surface area contributed by atoms with Gasteiger partial charge in [0.2, 0.25) is 0 Å². The van der Waals surface area contributed by atoms with E-state index in [1.54, 1.807) is 18.2 Å². The summed E-state index contributed by atoms with van der Waals surface area (Å²) < 4.78 is 25.2. The van der Waals surface area contributed by atoms with Crippen molar-refractivity contribution in [3.63, 3.8) is 0 Å². The Morgan fingerprint density at radius 1 is 1.00 bits per heavy atom. The smallest absolute Gasteiger partial charge is 0.344 e. The number of para-hydroxylation sites is 1. The van der Waals surface area contributed by atoms with Crippen LogP contribution in [0.25, 0.3) is 10.9 Å². The third-order valence-electron chi connectivity index (χ3n) is 4.85. The Hall–Kier alpha value is -3.09. The summed E-state index contributed by atoms with van der Waals surface area (Å²) in [5, 5.41) is 1.74. The van der Waals surface area contributed by atoms with E-state index in [1.165, 1.54) is 24.9 Å². The highest BCUT2D eigenvalue weighted by Gasteiger charge is 2.24. The number of fused-ring (bicyclic) bond motifs is 1. The summed E-state index contributed by atoms with van der Waals surface area (Å²) in [5.74, 6) is -0.138. The van der Waals surface area contributed by atoms with Gasteiger partial charge < -0.3 is 9.47 Å². The summed E-state index contributed by atoms with van der Waals surface area (Å²) in [6.45, 7) is -0.0424. The average Bonchev–Trinajstić information content (AvgIpc) is 2.82. The third-order valence-corrected chi connectivity index (χ3v) is 6.25. The first kappa shape index (κ1) is 22.1. The molecule has 162 valence electrons. The van der Waals surface area contributed by atoms with Gasteiger partial charge in [0.25, 0.3) is 0 Å². The van der Waals surface area contributed by atoms with E-state index in [4.69, 9.17) is 21.1 Å². The lowest BCUT2D eigenvalue weighted by Gasteiger charge is -2.16. The topological polar surface area (TPSA) is 48.4 Å². The zero-order valence-corrected chi connectivity index (χ0v) is 18.8. The second-order valence-electron chi connectivity index (χ2n) is 6.89. The van der Waals surface area contributed by atoms with Gasteiger partial charge >= 0.3 is 5.97 Å². The molecule has 3 aromatic carbocycles. The van der Waals surface area contributed by atoms with Crippen molar-refractivity contribution in [2.75, 3.05) is 7.11 Å². The molecule has 32 heavy (non-hydrogen) atoms. The number of benzene rings is 3. The number of ether oxygens (including phenoxy) is 2. The van der Waals surface area contributed by atoms with Gasteiger partial charge in [0, 0.05) is 21.7 Å². The number of esters is 1. The maximum atomic E-state index is 14.2. The van der Waals surface area contributed by atoms with E-state index >= 15 is 0 Å². The Morgan fingerprint density at radius 3 is 2.44 bits per heavy atom. The van der Waals surface area contributed by atoms with E-state index < -0.39 is 5.97 Å². The number of halogens is 2. The van der Waals surface area contributed by atoms with Crippen LogP contribution in [0, 0.1) is 5.82 Å². The molecule has 0 N–H and O–H groups in total. The number of methoxy groups -OCH3 is 1. The van der Waals surface area contributed by atoms with E-state index in [2.05, 4.69) is 4.98 Å². The second-order valence-corrected chi connectivity index (χ2v) is 8.26. The maximum absolute atomic E-state index is 14.2. The zero-order chi connectivity index (χ0) is 22.5. The molecular weight excluding hydrogens is 449 g/mol. The number of aromatic nitrogens is 1. The molecule has 4 aromatic rings. The Balaban J connectivity index is 1.78. The fourth-order valence-corrected chi connectivity index (χ4v) is 4.53. The first-order valence-electron chi connectivity index (χ1n) is 9.82. The van der Waals surface area contributed by atoms with Gasteiger partial charge in [-0.05, 0) is 29.8 Å². The minimum Gasteiger partial charge on any atom is -0.487 e. The van der Waals surface area contributed by atoms with Gasteiger partial charge in [-0.1, -0.05) is 60.1 Å². The second kappa shape index (κ2) is 10.0. The van der Waals surface area contributed by atoms with Crippen molar-refractivity contribution >= 4 is 40.2 Å². The molecule has 0 aliphatic carbocycles. The van der Waals surface area contributed by atoms with Crippen molar-refractivity contribution in [1.82, 2.24) is 4.98 Å². The summed E-state index contributed by atoms with van der Waals surface area (Å²) in [6.07, 6.45) is 0. The highest BCUT2D eigenvalue weighted by atomic mass is 35.5. The summed E-state index contributed by atoms with van der Waals surface area (Å²) in [5.41, 5.74) is 2.16. The number of hydrogen-bond acceptors (Lipinski definition) is 5. The van der Waals surface area contributed by atoms with Crippen LogP contribution < -0.4 is 4.74 Å². The number of rotatable bonds is 7. The number of hydrogen-bond donors (Lipinski definition) is 0. The summed E-state index contributed by atoms with van der Waals surface area (Å²) in [6, 6.07) is 21.2. The molecule has 1 heterocycles. The largest absolute Gasteiger partial charge is 0.487 e. The van der Waals surface area contributed by atoms with Gasteiger partial charge in [-0.2, -0.15) is 0 Å². The van der Waals surface area contributed by atoms with Gasteiger partial charge in [0.05, 0.1) is 12.6 Å². The molecule has 0 bridgehead atoms. The maximum Gasteiger partial charge on any atom is 0.344 e. The van der Waals surface area contributed by atoms with Crippen LogP contribution in [0.3, 0.4) is 0 Å². The standard InChI is InChI=1S/C25H19ClFNO3S/c1-30-25(29)22-23(31-14-16-8-3-6-12-20(16)27)18-10-4-7-13-21(18)28-24(22)32-15-17-9-2-5-11-19(17)26/h2-13H,14-15H2,1H3. The molecule has 0 fully saturated rings. The zero-order valence-electron chi connectivity index (χ0n) is 17.2. The number of thioether (sulfide) groups is 1. The number of carbonyl (C=O) groups excluding carboxylic acids is 1. The molecule has 4 rings (SSSR count). The molecule has 0 unspecified atom stereocenters. The van der Waals surface area contributed by atoms with Crippen LogP contribution >= 0.6 is 23.4 Å². The summed E-state index contributed by atoms with van der Waals surface area (Å²) >= 11 is 7.65. The predicted octanol–water partition coefficient (Wildman–Crippen LogP) is 6.69. The van der Waals surface area contributed by atoms with Crippen molar-refractivity contribution < 1.29 is 18.7 Å². The van der Waals surface area contributed by atoms with E-state index in [-0.39, 0.29) is 18.0 Å². The van der Waals surface area contributed by atoms with Gasteiger partial charge in [0.15, 0.2) is 0 Å². The molecule has 0 saturated heterocycles. The fourth-order valence-electron chi connectivity index (χ4n) is 3.22. The first-order valence-corrected chi connectivity index (χ1v) is 11.2. The monoisotopic (exact) mass is 467 g/mol. The van der Waals surface area contributed by atoms with Crippen LogP contribution in [0.4, 0.5) is 4.39 Å². The van der Waals surface area contributed by atoms with Crippen LogP contribution in [0.2, 0.25) is 5.02 Å². The molecule has 0 aliphatic heterocycles. The average molecular weight is 468 g/mol. The summed E-state index contributed by atoms with van der Waals surface area (Å²) in [4.78, 5) is 17.5. The number of carbonyl (C=O) groups is 1. The lowest BCUT2D eigenvalue weighted by atomic mass is 10.1. The predicted molar refractivity (Wildman–Crippen MR) is 125 cm³/mol. The molecule has 0 spiro atoms. The first-order chi connectivity index (χ1) is 15.6.